The lowest BCUT2D eigenvalue weighted by atomic mass is 9.76. The molecule has 0 spiro atoms. The predicted octanol–water partition coefficient (Wildman–Crippen LogP) is 1.39. The maximum absolute atomic E-state index is 11.5. The second-order valence-corrected chi connectivity index (χ2v) is 7.96. The van der Waals surface area contributed by atoms with E-state index in [-0.39, 0.29) is 5.75 Å². The van der Waals surface area contributed by atoms with E-state index in [1.807, 2.05) is 6.92 Å². The van der Waals surface area contributed by atoms with Crippen LogP contribution in [0.5, 0.6) is 0 Å². The summed E-state index contributed by atoms with van der Waals surface area (Å²) >= 11 is 0. The third kappa shape index (κ3) is 5.10. The van der Waals surface area contributed by atoms with Gasteiger partial charge < -0.3 is 10.0 Å². The molecule has 0 aromatic rings. The van der Waals surface area contributed by atoms with Crippen molar-refractivity contribution in [1.29, 1.82) is 0 Å². The van der Waals surface area contributed by atoms with E-state index in [2.05, 4.69) is 4.90 Å². The number of nitrogens with zero attached hydrogens (tertiary/aromatic N) is 1. The molecule has 0 aromatic carbocycles. The summed E-state index contributed by atoms with van der Waals surface area (Å²) in [4.78, 5) is 13.6. The Hall–Kier alpha value is -0.620. The van der Waals surface area contributed by atoms with E-state index in [0.29, 0.717) is 25.9 Å². The number of carboxylic acids is 1. The minimum Gasteiger partial charge on any atom is -0.481 e. The van der Waals surface area contributed by atoms with Gasteiger partial charge in [-0.05, 0) is 38.8 Å². The summed E-state index contributed by atoms with van der Waals surface area (Å²) in [7, 11) is -2.92. The van der Waals surface area contributed by atoms with Gasteiger partial charge in [0.05, 0.1) is 11.2 Å². The minimum absolute atomic E-state index is 0.178. The van der Waals surface area contributed by atoms with E-state index in [4.69, 9.17) is 0 Å². The summed E-state index contributed by atoms with van der Waals surface area (Å²) in [5, 5.41) is 9.47. The number of sulfone groups is 1. The first-order valence-corrected chi connectivity index (χ1v) is 8.98. The minimum atomic E-state index is -2.92. The van der Waals surface area contributed by atoms with Crippen molar-refractivity contribution in [2.45, 2.75) is 39.0 Å². The molecule has 0 bridgehead atoms. The molecule has 1 aliphatic heterocycles. The molecule has 1 rings (SSSR count). The molecule has 1 N–H and O–H groups in total. The third-order valence-electron chi connectivity index (χ3n) is 3.83. The number of aliphatic carboxylic acids is 1. The summed E-state index contributed by atoms with van der Waals surface area (Å²) < 4.78 is 22.2. The number of rotatable bonds is 7. The lowest BCUT2D eigenvalue weighted by Gasteiger charge is -2.40. The van der Waals surface area contributed by atoms with Gasteiger partial charge in [-0.1, -0.05) is 13.3 Å². The van der Waals surface area contributed by atoms with Crippen molar-refractivity contribution < 1.29 is 18.3 Å². The van der Waals surface area contributed by atoms with Gasteiger partial charge in [0.2, 0.25) is 0 Å². The van der Waals surface area contributed by atoms with Crippen molar-refractivity contribution in [3.63, 3.8) is 0 Å². The summed E-state index contributed by atoms with van der Waals surface area (Å²) in [5.41, 5.74) is -0.627. The van der Waals surface area contributed by atoms with E-state index < -0.39 is 21.2 Å². The first kappa shape index (κ1) is 16.4. The lowest BCUT2D eigenvalue weighted by molar-refractivity contribution is -0.153. The number of hydrogen-bond donors (Lipinski definition) is 1. The zero-order chi connectivity index (χ0) is 14.5. The monoisotopic (exact) mass is 291 g/mol. The summed E-state index contributed by atoms with van der Waals surface area (Å²) in [6.07, 6.45) is 5.00. The first-order chi connectivity index (χ1) is 8.79. The summed E-state index contributed by atoms with van der Waals surface area (Å²) in [5.74, 6) is -0.528. The van der Waals surface area contributed by atoms with Crippen molar-refractivity contribution >= 4 is 15.8 Å². The molecule has 1 heterocycles. The van der Waals surface area contributed by atoms with Crippen LogP contribution in [0.15, 0.2) is 0 Å². The van der Waals surface area contributed by atoms with Crippen LogP contribution in [0.25, 0.3) is 0 Å². The highest BCUT2D eigenvalue weighted by Gasteiger charge is 2.41. The van der Waals surface area contributed by atoms with Gasteiger partial charge in [-0.15, -0.1) is 0 Å². The Morgan fingerprint density at radius 1 is 1.42 bits per heavy atom. The quantitative estimate of drug-likeness (QED) is 0.767. The van der Waals surface area contributed by atoms with Crippen LogP contribution < -0.4 is 0 Å². The van der Waals surface area contributed by atoms with Crippen molar-refractivity contribution in [3.05, 3.63) is 0 Å². The maximum Gasteiger partial charge on any atom is 0.310 e. The third-order valence-corrected chi connectivity index (χ3v) is 4.86. The van der Waals surface area contributed by atoms with Crippen molar-refractivity contribution in [3.8, 4) is 0 Å². The molecule has 1 aliphatic rings. The van der Waals surface area contributed by atoms with Crippen LogP contribution in [0.3, 0.4) is 0 Å². The van der Waals surface area contributed by atoms with E-state index in [1.165, 1.54) is 6.26 Å². The number of piperidine rings is 1. The average molecular weight is 291 g/mol. The predicted molar refractivity (Wildman–Crippen MR) is 75.0 cm³/mol. The molecule has 1 unspecified atom stereocenters. The Bertz CT molecular complexity index is 403. The van der Waals surface area contributed by atoms with Gasteiger partial charge in [-0.3, -0.25) is 4.79 Å². The van der Waals surface area contributed by atoms with E-state index >= 15 is 0 Å². The SMILES string of the molecule is CCCC1(C(=O)O)CCCN(CCCS(C)(=O)=O)C1. The highest BCUT2D eigenvalue weighted by molar-refractivity contribution is 7.90. The molecule has 1 saturated heterocycles. The summed E-state index contributed by atoms with van der Waals surface area (Å²) in [6.45, 7) is 4.11. The first-order valence-electron chi connectivity index (χ1n) is 6.92. The fourth-order valence-electron chi connectivity index (χ4n) is 2.93. The molecule has 0 radical (unpaired) electrons. The van der Waals surface area contributed by atoms with Crippen LogP contribution >= 0.6 is 0 Å². The molecule has 1 fully saturated rings. The Balaban J connectivity index is 2.55. The highest BCUT2D eigenvalue weighted by atomic mass is 32.2. The Kier molecular flexibility index (Phi) is 5.80. The Morgan fingerprint density at radius 3 is 2.63 bits per heavy atom. The van der Waals surface area contributed by atoms with Crippen LogP contribution in [0.4, 0.5) is 0 Å². The van der Waals surface area contributed by atoms with Gasteiger partial charge in [0.15, 0.2) is 0 Å². The molecular formula is C13H25NO4S. The smallest absolute Gasteiger partial charge is 0.310 e. The molecule has 0 amide bonds. The fourth-order valence-corrected chi connectivity index (χ4v) is 3.59. The molecular weight excluding hydrogens is 266 g/mol. The van der Waals surface area contributed by atoms with E-state index in [1.54, 1.807) is 0 Å². The van der Waals surface area contributed by atoms with Gasteiger partial charge in [-0.25, -0.2) is 8.42 Å². The molecule has 5 nitrogen and oxygen atoms in total. The molecule has 112 valence electrons. The number of likely N-dealkylation sites (tertiary alicyclic amines) is 1. The zero-order valence-electron chi connectivity index (χ0n) is 11.9. The average Bonchev–Trinajstić information content (AvgIpc) is 2.28. The Morgan fingerprint density at radius 2 is 2.11 bits per heavy atom. The van der Waals surface area contributed by atoms with Crippen LogP contribution in [-0.2, 0) is 14.6 Å². The van der Waals surface area contributed by atoms with Crippen LogP contribution in [0.1, 0.15) is 39.0 Å². The second kappa shape index (κ2) is 6.70. The van der Waals surface area contributed by atoms with E-state index in [9.17, 15) is 18.3 Å². The van der Waals surface area contributed by atoms with Crippen LogP contribution in [0.2, 0.25) is 0 Å². The van der Waals surface area contributed by atoms with Gasteiger partial charge in [0, 0.05) is 12.8 Å². The molecule has 6 heteroatoms. The maximum atomic E-state index is 11.5. The van der Waals surface area contributed by atoms with Gasteiger partial charge in [0.25, 0.3) is 0 Å². The molecule has 19 heavy (non-hydrogen) atoms. The standard InChI is InChI=1S/C13H25NO4S/c1-3-6-13(12(15)16)7-4-8-14(11-13)9-5-10-19(2,17)18/h3-11H2,1-2H3,(H,15,16). The molecule has 0 saturated carbocycles. The van der Waals surface area contributed by atoms with E-state index in [0.717, 1.165) is 25.8 Å². The molecule has 1 atom stereocenters. The number of carboxylic acid groups (broad SMARTS) is 1. The summed E-state index contributed by atoms with van der Waals surface area (Å²) in [6, 6.07) is 0. The van der Waals surface area contributed by atoms with Crippen molar-refractivity contribution in [2.24, 2.45) is 5.41 Å². The van der Waals surface area contributed by atoms with Crippen LogP contribution in [-0.4, -0.2) is 56.0 Å². The van der Waals surface area contributed by atoms with Gasteiger partial charge in [0.1, 0.15) is 9.84 Å². The molecule has 0 aliphatic carbocycles. The fraction of sp³-hybridized carbons (Fsp3) is 0.923. The highest BCUT2D eigenvalue weighted by Crippen LogP contribution is 2.35. The van der Waals surface area contributed by atoms with Crippen molar-refractivity contribution in [2.75, 3.05) is 31.6 Å². The normalized spacial score (nSPS) is 25.4. The van der Waals surface area contributed by atoms with Crippen LogP contribution in [0, 0.1) is 5.41 Å². The topological polar surface area (TPSA) is 74.7 Å². The van der Waals surface area contributed by atoms with Gasteiger partial charge >= 0.3 is 5.97 Å². The van der Waals surface area contributed by atoms with Crippen molar-refractivity contribution in [1.82, 2.24) is 4.90 Å². The number of carbonyl (C=O) groups is 1. The second-order valence-electron chi connectivity index (χ2n) is 5.70. The molecule has 0 aromatic heterocycles. The number of hydrogen-bond acceptors (Lipinski definition) is 4. The zero-order valence-corrected chi connectivity index (χ0v) is 12.7. The lowest BCUT2D eigenvalue weighted by Crippen LogP contribution is -2.48. The van der Waals surface area contributed by atoms with Gasteiger partial charge in [-0.2, -0.15) is 0 Å². The Labute approximate surface area is 115 Å². The largest absolute Gasteiger partial charge is 0.481 e.